The Kier molecular flexibility index (Phi) is 4.69. The van der Waals surface area contributed by atoms with E-state index in [1.807, 2.05) is 25.2 Å². The topological polar surface area (TPSA) is 21.3 Å². The van der Waals surface area contributed by atoms with Crippen molar-refractivity contribution in [1.29, 1.82) is 0 Å². The Bertz CT molecular complexity index is 610. The lowest BCUT2D eigenvalue weighted by Gasteiger charge is -2.21. The third-order valence-electron chi connectivity index (χ3n) is 3.66. The monoisotopic (exact) mass is 289 g/mol. The third kappa shape index (κ3) is 2.97. The standard InChI is InChI=1S/C17H20ClNO/c1-11-5-6-13(9-12(11)2)17(19-3)15-10-14(18)7-8-16(15)20-4/h5-10,17,19H,1-4H3. The van der Waals surface area contributed by atoms with Crippen LogP contribution in [-0.4, -0.2) is 14.2 Å². The van der Waals surface area contributed by atoms with Crippen LogP contribution in [-0.2, 0) is 0 Å². The number of benzene rings is 2. The zero-order valence-corrected chi connectivity index (χ0v) is 13.1. The number of rotatable bonds is 4. The average molecular weight is 290 g/mol. The fourth-order valence-corrected chi connectivity index (χ4v) is 2.56. The summed E-state index contributed by atoms with van der Waals surface area (Å²) in [6.45, 7) is 4.24. The number of ether oxygens (including phenoxy) is 1. The maximum absolute atomic E-state index is 6.14. The third-order valence-corrected chi connectivity index (χ3v) is 3.89. The van der Waals surface area contributed by atoms with Crippen LogP contribution in [0.3, 0.4) is 0 Å². The molecule has 0 fully saturated rings. The lowest BCUT2D eigenvalue weighted by Crippen LogP contribution is -2.18. The summed E-state index contributed by atoms with van der Waals surface area (Å²) in [5, 5.41) is 4.06. The summed E-state index contributed by atoms with van der Waals surface area (Å²) in [7, 11) is 3.63. The Balaban J connectivity index is 2.51. The molecule has 0 aromatic heterocycles. The van der Waals surface area contributed by atoms with Gasteiger partial charge in [0.25, 0.3) is 0 Å². The normalized spacial score (nSPS) is 12.2. The van der Waals surface area contributed by atoms with E-state index in [4.69, 9.17) is 16.3 Å². The molecule has 0 aliphatic heterocycles. The van der Waals surface area contributed by atoms with Crippen LogP contribution in [0.1, 0.15) is 28.3 Å². The average Bonchev–Trinajstić information content (AvgIpc) is 2.44. The lowest BCUT2D eigenvalue weighted by atomic mass is 9.95. The van der Waals surface area contributed by atoms with Gasteiger partial charge in [0.1, 0.15) is 5.75 Å². The molecule has 2 aromatic carbocycles. The zero-order valence-electron chi connectivity index (χ0n) is 12.3. The summed E-state index contributed by atoms with van der Waals surface area (Å²) in [6, 6.07) is 12.3. The first-order chi connectivity index (χ1) is 9.56. The molecule has 0 bridgehead atoms. The molecule has 0 saturated heterocycles. The van der Waals surface area contributed by atoms with E-state index in [0.29, 0.717) is 5.02 Å². The highest BCUT2D eigenvalue weighted by Gasteiger charge is 2.17. The highest BCUT2D eigenvalue weighted by atomic mass is 35.5. The van der Waals surface area contributed by atoms with Crippen molar-refractivity contribution in [1.82, 2.24) is 5.32 Å². The quantitative estimate of drug-likeness (QED) is 0.907. The minimum Gasteiger partial charge on any atom is -0.496 e. The first-order valence-corrected chi connectivity index (χ1v) is 7.02. The van der Waals surface area contributed by atoms with Crippen LogP contribution in [0.4, 0.5) is 0 Å². The molecule has 1 unspecified atom stereocenters. The van der Waals surface area contributed by atoms with Crippen LogP contribution >= 0.6 is 11.6 Å². The number of methoxy groups -OCH3 is 1. The SMILES string of the molecule is CNC(c1ccc(C)c(C)c1)c1cc(Cl)ccc1OC. The molecule has 0 saturated carbocycles. The van der Waals surface area contributed by atoms with Gasteiger partial charge in [0, 0.05) is 10.6 Å². The van der Waals surface area contributed by atoms with Gasteiger partial charge in [0.2, 0.25) is 0 Å². The molecule has 20 heavy (non-hydrogen) atoms. The Morgan fingerprint density at radius 1 is 1.05 bits per heavy atom. The summed E-state index contributed by atoms with van der Waals surface area (Å²) in [5.41, 5.74) is 4.83. The van der Waals surface area contributed by atoms with Gasteiger partial charge >= 0.3 is 0 Å². The van der Waals surface area contributed by atoms with Gasteiger partial charge in [0.15, 0.2) is 0 Å². The molecule has 1 N–H and O–H groups in total. The maximum Gasteiger partial charge on any atom is 0.124 e. The van der Waals surface area contributed by atoms with E-state index in [9.17, 15) is 0 Å². The molecular weight excluding hydrogens is 270 g/mol. The Labute approximate surface area is 125 Å². The fraction of sp³-hybridized carbons (Fsp3) is 0.294. The van der Waals surface area contributed by atoms with Crippen LogP contribution < -0.4 is 10.1 Å². The lowest BCUT2D eigenvalue weighted by molar-refractivity contribution is 0.405. The number of nitrogens with one attached hydrogen (secondary N) is 1. The van der Waals surface area contributed by atoms with Crippen molar-refractivity contribution >= 4 is 11.6 Å². The molecule has 106 valence electrons. The minimum atomic E-state index is 0.0583. The Hall–Kier alpha value is -1.51. The molecule has 0 heterocycles. The molecule has 0 aliphatic rings. The largest absolute Gasteiger partial charge is 0.496 e. The van der Waals surface area contributed by atoms with Crippen molar-refractivity contribution in [3.8, 4) is 5.75 Å². The van der Waals surface area contributed by atoms with Gasteiger partial charge in [-0.15, -0.1) is 0 Å². The van der Waals surface area contributed by atoms with Crippen LogP contribution in [0.5, 0.6) is 5.75 Å². The maximum atomic E-state index is 6.14. The van der Waals surface area contributed by atoms with Crippen molar-refractivity contribution in [3.63, 3.8) is 0 Å². The number of halogens is 1. The van der Waals surface area contributed by atoms with Crippen molar-refractivity contribution in [2.45, 2.75) is 19.9 Å². The van der Waals surface area contributed by atoms with Crippen molar-refractivity contribution in [2.75, 3.05) is 14.2 Å². The molecule has 0 aliphatic carbocycles. The van der Waals surface area contributed by atoms with E-state index in [2.05, 4.69) is 37.4 Å². The highest BCUT2D eigenvalue weighted by molar-refractivity contribution is 6.30. The zero-order chi connectivity index (χ0) is 14.7. The molecule has 0 spiro atoms. The summed E-state index contributed by atoms with van der Waals surface area (Å²) < 4.78 is 5.46. The van der Waals surface area contributed by atoms with Gasteiger partial charge < -0.3 is 10.1 Å². The van der Waals surface area contributed by atoms with Crippen LogP contribution in [0.2, 0.25) is 5.02 Å². The summed E-state index contributed by atoms with van der Waals surface area (Å²) in [4.78, 5) is 0. The van der Waals surface area contributed by atoms with Crippen LogP contribution in [0.25, 0.3) is 0 Å². The van der Waals surface area contributed by atoms with Crippen LogP contribution in [0, 0.1) is 13.8 Å². The highest BCUT2D eigenvalue weighted by Crippen LogP contribution is 2.32. The van der Waals surface area contributed by atoms with Gasteiger partial charge in [0.05, 0.1) is 13.2 Å². The van der Waals surface area contributed by atoms with E-state index in [-0.39, 0.29) is 6.04 Å². The van der Waals surface area contributed by atoms with Crippen LogP contribution in [0.15, 0.2) is 36.4 Å². The first kappa shape index (κ1) is 14.9. The molecule has 0 radical (unpaired) electrons. The fourth-order valence-electron chi connectivity index (χ4n) is 2.38. The summed E-state index contributed by atoms with van der Waals surface area (Å²) in [6.07, 6.45) is 0. The molecule has 2 rings (SSSR count). The predicted octanol–water partition coefficient (Wildman–Crippen LogP) is 4.27. The molecule has 0 amide bonds. The van der Waals surface area contributed by atoms with Crippen molar-refractivity contribution in [3.05, 3.63) is 63.7 Å². The first-order valence-electron chi connectivity index (χ1n) is 6.64. The Morgan fingerprint density at radius 2 is 1.80 bits per heavy atom. The minimum absolute atomic E-state index is 0.0583. The summed E-state index contributed by atoms with van der Waals surface area (Å²) >= 11 is 6.14. The van der Waals surface area contributed by atoms with E-state index < -0.39 is 0 Å². The predicted molar refractivity (Wildman–Crippen MR) is 84.8 cm³/mol. The molecule has 3 heteroatoms. The van der Waals surface area contributed by atoms with E-state index >= 15 is 0 Å². The second-order valence-corrected chi connectivity index (χ2v) is 5.39. The molecule has 2 aromatic rings. The second-order valence-electron chi connectivity index (χ2n) is 4.95. The van der Waals surface area contributed by atoms with Crippen molar-refractivity contribution in [2.24, 2.45) is 0 Å². The molecule has 2 nitrogen and oxygen atoms in total. The van der Waals surface area contributed by atoms with E-state index in [1.165, 1.54) is 16.7 Å². The number of hydrogen-bond donors (Lipinski definition) is 1. The van der Waals surface area contributed by atoms with Gasteiger partial charge in [-0.05, 0) is 55.8 Å². The second kappa shape index (κ2) is 6.29. The van der Waals surface area contributed by atoms with Gasteiger partial charge in [-0.2, -0.15) is 0 Å². The Morgan fingerprint density at radius 3 is 2.40 bits per heavy atom. The molecule has 1 atom stereocenters. The summed E-state index contributed by atoms with van der Waals surface area (Å²) in [5.74, 6) is 0.840. The van der Waals surface area contributed by atoms with Gasteiger partial charge in [-0.3, -0.25) is 0 Å². The van der Waals surface area contributed by atoms with Crippen molar-refractivity contribution < 1.29 is 4.74 Å². The smallest absolute Gasteiger partial charge is 0.124 e. The van der Waals surface area contributed by atoms with Gasteiger partial charge in [-0.1, -0.05) is 29.8 Å². The van der Waals surface area contributed by atoms with Gasteiger partial charge in [-0.25, -0.2) is 0 Å². The number of aryl methyl sites for hydroxylation is 2. The molecular formula is C17H20ClNO. The number of hydrogen-bond acceptors (Lipinski definition) is 2. The van der Waals surface area contributed by atoms with E-state index in [0.717, 1.165) is 11.3 Å². The van der Waals surface area contributed by atoms with E-state index in [1.54, 1.807) is 7.11 Å².